The first-order valence-electron chi connectivity index (χ1n) is 9.12. The third kappa shape index (κ3) is 3.39. The molecule has 0 bridgehead atoms. The molecular weight excluding hydrogens is 244 g/mol. The molecule has 3 atom stereocenters. The molecule has 1 saturated heterocycles. The summed E-state index contributed by atoms with van der Waals surface area (Å²) in [6.45, 7) is 10.6. The van der Waals surface area contributed by atoms with E-state index in [0.29, 0.717) is 5.41 Å². The molecular formula is C18H36N2. The molecule has 1 saturated carbocycles. The Kier molecular flexibility index (Phi) is 5.92. The van der Waals surface area contributed by atoms with E-state index < -0.39 is 0 Å². The fraction of sp³-hybridized carbons (Fsp3) is 1.00. The number of likely N-dealkylation sites (tertiary alicyclic amines) is 1. The second-order valence-corrected chi connectivity index (χ2v) is 7.46. The van der Waals surface area contributed by atoms with Gasteiger partial charge in [0.2, 0.25) is 0 Å². The molecule has 0 spiro atoms. The molecule has 20 heavy (non-hydrogen) atoms. The van der Waals surface area contributed by atoms with E-state index in [0.717, 1.165) is 24.4 Å². The first kappa shape index (κ1) is 16.3. The van der Waals surface area contributed by atoms with Crippen molar-refractivity contribution in [3.63, 3.8) is 0 Å². The summed E-state index contributed by atoms with van der Waals surface area (Å²) in [4.78, 5) is 2.83. The van der Waals surface area contributed by atoms with Crippen molar-refractivity contribution < 1.29 is 0 Å². The van der Waals surface area contributed by atoms with Crippen LogP contribution in [0.25, 0.3) is 0 Å². The Morgan fingerprint density at radius 1 is 1.15 bits per heavy atom. The van der Waals surface area contributed by atoms with Gasteiger partial charge in [-0.3, -0.25) is 4.90 Å². The van der Waals surface area contributed by atoms with Crippen LogP contribution in [0.5, 0.6) is 0 Å². The summed E-state index contributed by atoms with van der Waals surface area (Å²) < 4.78 is 0. The highest BCUT2D eigenvalue weighted by Crippen LogP contribution is 2.42. The van der Waals surface area contributed by atoms with E-state index in [4.69, 9.17) is 5.73 Å². The minimum Gasteiger partial charge on any atom is -0.330 e. The van der Waals surface area contributed by atoms with Gasteiger partial charge in [-0.1, -0.05) is 40.0 Å². The molecule has 2 heteroatoms. The highest BCUT2D eigenvalue weighted by molar-refractivity contribution is 4.95. The molecule has 2 nitrogen and oxygen atoms in total. The molecule has 2 fully saturated rings. The largest absolute Gasteiger partial charge is 0.330 e. The molecule has 2 N–H and O–H groups in total. The van der Waals surface area contributed by atoms with E-state index in [9.17, 15) is 0 Å². The zero-order valence-corrected chi connectivity index (χ0v) is 14.0. The lowest BCUT2D eigenvalue weighted by Crippen LogP contribution is -2.46. The van der Waals surface area contributed by atoms with E-state index in [1.54, 1.807) is 0 Å². The SMILES string of the molecule is CCCC1CCC(CN)C(N2CCC(CC)(CC)C2)C1. The van der Waals surface area contributed by atoms with Crippen molar-refractivity contribution in [3.8, 4) is 0 Å². The minimum atomic E-state index is 0.608. The zero-order valence-electron chi connectivity index (χ0n) is 14.0. The molecule has 2 aliphatic rings. The quantitative estimate of drug-likeness (QED) is 0.795. The van der Waals surface area contributed by atoms with Gasteiger partial charge in [-0.05, 0) is 62.4 Å². The van der Waals surface area contributed by atoms with Crippen molar-refractivity contribution in [1.29, 1.82) is 0 Å². The van der Waals surface area contributed by atoms with Crippen LogP contribution in [0, 0.1) is 17.3 Å². The Labute approximate surface area is 126 Å². The van der Waals surface area contributed by atoms with Crippen molar-refractivity contribution in [2.75, 3.05) is 19.6 Å². The van der Waals surface area contributed by atoms with Crippen LogP contribution in [0.15, 0.2) is 0 Å². The summed E-state index contributed by atoms with van der Waals surface area (Å²) in [7, 11) is 0. The fourth-order valence-electron chi connectivity index (χ4n) is 4.77. The van der Waals surface area contributed by atoms with Gasteiger partial charge in [-0.2, -0.15) is 0 Å². The second kappa shape index (κ2) is 7.26. The summed E-state index contributed by atoms with van der Waals surface area (Å²) in [6.07, 6.45) is 11.1. The smallest absolute Gasteiger partial charge is 0.0138 e. The molecule has 0 aromatic carbocycles. The van der Waals surface area contributed by atoms with Crippen molar-refractivity contribution in [2.45, 2.75) is 78.2 Å². The van der Waals surface area contributed by atoms with E-state index in [1.807, 2.05) is 0 Å². The lowest BCUT2D eigenvalue weighted by Gasteiger charge is -2.42. The van der Waals surface area contributed by atoms with Crippen LogP contribution in [-0.4, -0.2) is 30.6 Å². The van der Waals surface area contributed by atoms with Crippen LogP contribution in [0.2, 0.25) is 0 Å². The number of nitrogens with zero attached hydrogens (tertiary/aromatic N) is 1. The Bertz CT molecular complexity index is 285. The normalized spacial score (nSPS) is 34.5. The average Bonchev–Trinajstić information content (AvgIpc) is 2.92. The predicted octanol–water partition coefficient (Wildman–Crippen LogP) is 4.04. The van der Waals surface area contributed by atoms with Gasteiger partial charge in [0.25, 0.3) is 0 Å². The molecule has 0 aromatic rings. The third-order valence-electron chi connectivity index (χ3n) is 6.50. The summed E-state index contributed by atoms with van der Waals surface area (Å²) in [5.41, 5.74) is 6.69. The van der Waals surface area contributed by atoms with Crippen LogP contribution >= 0.6 is 0 Å². The van der Waals surface area contributed by atoms with Crippen LogP contribution in [0.3, 0.4) is 0 Å². The Morgan fingerprint density at radius 3 is 2.45 bits per heavy atom. The predicted molar refractivity (Wildman–Crippen MR) is 87.8 cm³/mol. The molecule has 0 amide bonds. The molecule has 1 aliphatic heterocycles. The highest BCUT2D eigenvalue weighted by Gasteiger charge is 2.41. The first-order chi connectivity index (χ1) is 9.68. The van der Waals surface area contributed by atoms with Gasteiger partial charge < -0.3 is 5.73 Å². The lowest BCUT2D eigenvalue weighted by molar-refractivity contribution is 0.0858. The number of hydrogen-bond acceptors (Lipinski definition) is 2. The van der Waals surface area contributed by atoms with Crippen LogP contribution < -0.4 is 5.73 Å². The van der Waals surface area contributed by atoms with Gasteiger partial charge >= 0.3 is 0 Å². The van der Waals surface area contributed by atoms with Crippen molar-refractivity contribution >= 4 is 0 Å². The average molecular weight is 281 g/mol. The number of nitrogens with two attached hydrogens (primary N) is 1. The van der Waals surface area contributed by atoms with Crippen LogP contribution in [0.1, 0.15) is 72.1 Å². The monoisotopic (exact) mass is 280 g/mol. The van der Waals surface area contributed by atoms with Crippen molar-refractivity contribution in [1.82, 2.24) is 4.90 Å². The third-order valence-corrected chi connectivity index (χ3v) is 6.50. The van der Waals surface area contributed by atoms with E-state index in [2.05, 4.69) is 25.7 Å². The summed E-state index contributed by atoms with van der Waals surface area (Å²) in [5.74, 6) is 1.72. The van der Waals surface area contributed by atoms with Gasteiger partial charge in [0, 0.05) is 12.6 Å². The van der Waals surface area contributed by atoms with Crippen molar-refractivity contribution in [2.24, 2.45) is 23.0 Å². The Hall–Kier alpha value is -0.0800. The zero-order chi connectivity index (χ0) is 14.6. The Balaban J connectivity index is 2.01. The molecule has 0 aromatic heterocycles. The topological polar surface area (TPSA) is 29.3 Å². The van der Waals surface area contributed by atoms with E-state index >= 15 is 0 Å². The standard InChI is InChI=1S/C18H36N2/c1-4-7-15-8-9-16(13-19)17(12-15)20-11-10-18(5-2,6-3)14-20/h15-17H,4-14,19H2,1-3H3. The maximum Gasteiger partial charge on any atom is 0.0138 e. The van der Waals surface area contributed by atoms with E-state index in [-0.39, 0.29) is 0 Å². The fourth-order valence-corrected chi connectivity index (χ4v) is 4.77. The maximum atomic E-state index is 6.09. The summed E-state index contributed by atoms with van der Waals surface area (Å²) in [5, 5.41) is 0. The molecule has 3 unspecified atom stereocenters. The lowest BCUT2D eigenvalue weighted by atomic mass is 9.75. The molecule has 118 valence electrons. The van der Waals surface area contributed by atoms with Gasteiger partial charge in [-0.25, -0.2) is 0 Å². The maximum absolute atomic E-state index is 6.09. The Morgan fingerprint density at radius 2 is 1.90 bits per heavy atom. The highest BCUT2D eigenvalue weighted by atomic mass is 15.2. The van der Waals surface area contributed by atoms with Gasteiger partial charge in [0.1, 0.15) is 0 Å². The van der Waals surface area contributed by atoms with Crippen LogP contribution in [-0.2, 0) is 0 Å². The van der Waals surface area contributed by atoms with Gasteiger partial charge in [0.05, 0.1) is 0 Å². The van der Waals surface area contributed by atoms with E-state index in [1.165, 1.54) is 64.5 Å². The molecule has 0 radical (unpaired) electrons. The molecule has 1 aliphatic carbocycles. The summed E-state index contributed by atoms with van der Waals surface area (Å²) in [6, 6.07) is 0.783. The first-order valence-corrected chi connectivity index (χ1v) is 9.12. The number of rotatable bonds is 6. The molecule has 1 heterocycles. The minimum absolute atomic E-state index is 0.608. The van der Waals surface area contributed by atoms with Crippen molar-refractivity contribution in [3.05, 3.63) is 0 Å². The van der Waals surface area contributed by atoms with Gasteiger partial charge in [0.15, 0.2) is 0 Å². The number of hydrogen-bond donors (Lipinski definition) is 1. The summed E-state index contributed by atoms with van der Waals surface area (Å²) >= 11 is 0. The molecule has 2 rings (SSSR count). The van der Waals surface area contributed by atoms with Crippen LogP contribution in [0.4, 0.5) is 0 Å². The van der Waals surface area contributed by atoms with Gasteiger partial charge in [-0.15, -0.1) is 0 Å². The second-order valence-electron chi connectivity index (χ2n) is 7.46.